The van der Waals surface area contributed by atoms with Gasteiger partial charge in [0.25, 0.3) is 0 Å². The second kappa shape index (κ2) is 17.9. The average molecular weight is 729 g/mol. The molecule has 0 radical (unpaired) electrons. The second-order valence-corrected chi connectivity index (χ2v) is 15.6. The van der Waals surface area contributed by atoms with Gasteiger partial charge in [0.1, 0.15) is 24.2 Å². The Morgan fingerprint density at radius 1 is 0.981 bits per heavy atom. The molecule has 53 heavy (non-hydrogen) atoms. The topological polar surface area (TPSA) is 124 Å². The van der Waals surface area contributed by atoms with Gasteiger partial charge in [0.2, 0.25) is 11.8 Å². The van der Waals surface area contributed by atoms with Crippen molar-refractivity contribution in [1.82, 2.24) is 20.0 Å². The first-order chi connectivity index (χ1) is 25.5. The first-order valence-corrected chi connectivity index (χ1v) is 19.1. The van der Waals surface area contributed by atoms with Crippen molar-refractivity contribution < 1.29 is 34.0 Å². The molecule has 0 aromatic heterocycles. The molecule has 3 N–H and O–H groups in total. The van der Waals surface area contributed by atoms with Crippen molar-refractivity contribution in [3.63, 3.8) is 0 Å². The number of ether oxygens (including phenoxy) is 3. The van der Waals surface area contributed by atoms with E-state index in [9.17, 15) is 19.8 Å². The second-order valence-electron chi connectivity index (χ2n) is 15.6. The van der Waals surface area contributed by atoms with Gasteiger partial charge in [-0.25, -0.2) is 0 Å². The fourth-order valence-electron chi connectivity index (χ4n) is 7.64. The molecule has 11 heteroatoms. The van der Waals surface area contributed by atoms with Gasteiger partial charge in [0.15, 0.2) is 0 Å². The zero-order valence-corrected chi connectivity index (χ0v) is 31.4. The Hall–Kier alpha value is -4.00. The maximum absolute atomic E-state index is 14.1. The lowest BCUT2D eigenvalue weighted by Crippen LogP contribution is -2.51. The number of likely N-dealkylation sites (tertiary alicyclic amines) is 1. The van der Waals surface area contributed by atoms with Crippen LogP contribution in [0, 0.1) is 0 Å². The molecule has 1 aliphatic carbocycles. The number of carbonyl (C=O) groups excluding carboxylic acids is 2. The molecule has 5 atom stereocenters. The van der Waals surface area contributed by atoms with Crippen LogP contribution in [0.1, 0.15) is 62.8 Å². The van der Waals surface area contributed by atoms with E-state index in [1.165, 1.54) is 0 Å². The number of β-amino-alcohol motifs (C(OH)–C–C–N with tert-alkyl or cyclic N) is 1. The molecule has 2 saturated heterocycles. The van der Waals surface area contributed by atoms with Crippen molar-refractivity contribution in [2.75, 3.05) is 52.5 Å². The molecule has 3 aromatic rings. The predicted octanol–water partition coefficient (Wildman–Crippen LogP) is 3.96. The predicted molar refractivity (Wildman–Crippen MR) is 203 cm³/mol. The minimum absolute atomic E-state index is 0.0892. The molecule has 3 aliphatic rings. The number of fused-ring (bicyclic) bond motifs is 1. The minimum atomic E-state index is -0.851. The molecular formula is C42H56N4O7. The van der Waals surface area contributed by atoms with Crippen LogP contribution < -0.4 is 14.8 Å². The fourth-order valence-corrected chi connectivity index (χ4v) is 7.64. The number of nitrogens with zero attached hydrogens (tertiary/aromatic N) is 3. The van der Waals surface area contributed by atoms with Crippen LogP contribution in [0.2, 0.25) is 0 Å². The summed E-state index contributed by atoms with van der Waals surface area (Å²) in [6, 6.07) is 24.3. The third-order valence-electron chi connectivity index (χ3n) is 10.2. The number of hydrogen-bond donors (Lipinski definition) is 3. The maximum Gasteiger partial charge on any atom is 0.237 e. The van der Waals surface area contributed by atoms with Crippen LogP contribution in [0.4, 0.5) is 0 Å². The van der Waals surface area contributed by atoms with Crippen molar-refractivity contribution in [2.24, 2.45) is 0 Å². The molecule has 11 nitrogen and oxygen atoms in total. The standard InChI is InChI=1S/C42H56N4O7/c1-42(2,3)43-41(50)37-26-35(53-34-10-5-4-6-11-34)29-45(37)28-32(47)15-18-39(49)46(40-36-12-8-7-9-31(36)25-38(40)48)27-30-13-16-33(17-14-30)52-24-21-44-19-22-51-23-20-44/h4-14,16-17,32,35,37-38,40,47-48H,15,18-29H2,1-3H3,(H,43,50)/t32-,35-,37+,38+,40-/m0/s1. The highest BCUT2D eigenvalue weighted by molar-refractivity contribution is 5.83. The Balaban J connectivity index is 1.10. The van der Waals surface area contributed by atoms with Gasteiger partial charge in [-0.15, -0.1) is 0 Å². The Labute approximate surface area is 313 Å². The summed E-state index contributed by atoms with van der Waals surface area (Å²) in [7, 11) is 0. The number of benzene rings is 3. The Kier molecular flexibility index (Phi) is 13.1. The third kappa shape index (κ3) is 10.8. The lowest BCUT2D eigenvalue weighted by atomic mass is 10.0. The molecule has 286 valence electrons. The minimum Gasteiger partial charge on any atom is -0.492 e. The zero-order valence-electron chi connectivity index (χ0n) is 31.4. The van der Waals surface area contributed by atoms with Crippen LogP contribution >= 0.6 is 0 Å². The van der Waals surface area contributed by atoms with Crippen molar-refractivity contribution in [3.8, 4) is 11.5 Å². The molecular weight excluding hydrogens is 672 g/mol. The van der Waals surface area contributed by atoms with Gasteiger partial charge in [0.05, 0.1) is 37.5 Å². The molecule has 0 saturated carbocycles. The van der Waals surface area contributed by atoms with E-state index < -0.39 is 29.8 Å². The summed E-state index contributed by atoms with van der Waals surface area (Å²) in [6.07, 6.45) is -0.540. The summed E-state index contributed by atoms with van der Waals surface area (Å²) in [5.74, 6) is 1.25. The number of nitrogens with one attached hydrogen (secondary N) is 1. The van der Waals surface area contributed by atoms with E-state index in [1.807, 2.05) is 105 Å². The number of para-hydroxylation sites is 1. The van der Waals surface area contributed by atoms with Gasteiger partial charge >= 0.3 is 0 Å². The summed E-state index contributed by atoms with van der Waals surface area (Å²) in [4.78, 5) is 33.6. The summed E-state index contributed by atoms with van der Waals surface area (Å²) < 4.78 is 17.7. The Morgan fingerprint density at radius 2 is 1.70 bits per heavy atom. The molecule has 6 rings (SSSR count). The summed E-state index contributed by atoms with van der Waals surface area (Å²) in [5, 5.41) is 25.7. The van der Waals surface area contributed by atoms with E-state index in [4.69, 9.17) is 14.2 Å². The molecule has 0 spiro atoms. The van der Waals surface area contributed by atoms with E-state index >= 15 is 0 Å². The number of hydrogen-bond acceptors (Lipinski definition) is 9. The first-order valence-electron chi connectivity index (χ1n) is 19.1. The monoisotopic (exact) mass is 728 g/mol. The van der Waals surface area contributed by atoms with Crippen LogP contribution in [0.5, 0.6) is 11.5 Å². The van der Waals surface area contributed by atoms with Crippen LogP contribution in [0.15, 0.2) is 78.9 Å². The maximum atomic E-state index is 14.1. The van der Waals surface area contributed by atoms with Crippen molar-refractivity contribution in [2.45, 2.75) is 88.9 Å². The third-order valence-corrected chi connectivity index (χ3v) is 10.2. The molecule has 2 fully saturated rings. The van der Waals surface area contributed by atoms with Crippen LogP contribution in [0.3, 0.4) is 0 Å². The number of aliphatic hydroxyl groups excluding tert-OH is 2. The largest absolute Gasteiger partial charge is 0.492 e. The highest BCUT2D eigenvalue weighted by atomic mass is 16.5. The highest BCUT2D eigenvalue weighted by Crippen LogP contribution is 2.37. The summed E-state index contributed by atoms with van der Waals surface area (Å²) >= 11 is 0. The highest BCUT2D eigenvalue weighted by Gasteiger charge is 2.41. The molecule has 0 unspecified atom stereocenters. The van der Waals surface area contributed by atoms with E-state index in [0.29, 0.717) is 32.5 Å². The average Bonchev–Trinajstić information content (AvgIpc) is 3.69. The van der Waals surface area contributed by atoms with Gasteiger partial charge in [-0.2, -0.15) is 0 Å². The number of amides is 2. The van der Waals surface area contributed by atoms with E-state index in [2.05, 4.69) is 10.2 Å². The van der Waals surface area contributed by atoms with Crippen molar-refractivity contribution >= 4 is 11.8 Å². The number of aliphatic hydroxyl groups is 2. The van der Waals surface area contributed by atoms with Gasteiger partial charge in [-0.1, -0.05) is 54.6 Å². The van der Waals surface area contributed by atoms with Crippen LogP contribution in [-0.2, 0) is 27.3 Å². The molecule has 2 heterocycles. The normalized spacial score (nSPS) is 22.6. The van der Waals surface area contributed by atoms with Crippen LogP contribution in [-0.4, -0.2) is 119 Å². The summed E-state index contributed by atoms with van der Waals surface area (Å²) in [6.45, 7) is 11.6. The van der Waals surface area contributed by atoms with E-state index in [-0.39, 0.29) is 37.3 Å². The van der Waals surface area contributed by atoms with Gasteiger partial charge in [-0.3, -0.25) is 19.4 Å². The Bertz CT molecular complexity index is 1630. The van der Waals surface area contributed by atoms with Gasteiger partial charge < -0.3 is 34.6 Å². The van der Waals surface area contributed by atoms with Crippen molar-refractivity contribution in [1.29, 1.82) is 0 Å². The van der Waals surface area contributed by atoms with E-state index in [0.717, 1.165) is 61.0 Å². The fraction of sp³-hybridized carbons (Fsp3) is 0.524. The smallest absolute Gasteiger partial charge is 0.237 e. The number of morpholine rings is 1. The van der Waals surface area contributed by atoms with Gasteiger partial charge in [-0.05, 0) is 68.1 Å². The number of carbonyl (C=O) groups is 2. The molecule has 2 aliphatic heterocycles. The Morgan fingerprint density at radius 3 is 2.43 bits per heavy atom. The first kappa shape index (κ1) is 38.7. The molecule has 3 aromatic carbocycles. The van der Waals surface area contributed by atoms with Crippen LogP contribution in [0.25, 0.3) is 0 Å². The molecule has 0 bridgehead atoms. The lowest BCUT2D eigenvalue weighted by molar-refractivity contribution is -0.137. The molecule has 2 amide bonds. The number of rotatable bonds is 15. The summed E-state index contributed by atoms with van der Waals surface area (Å²) in [5.41, 5.74) is 2.50. The quantitative estimate of drug-likeness (QED) is 0.214. The SMILES string of the molecule is CC(C)(C)NC(=O)[C@H]1C[C@H](Oc2ccccc2)CN1C[C@@H](O)CCC(=O)N(Cc1ccc(OCCN2CCOCC2)cc1)[C@H]1c2ccccc2C[C@H]1O. The van der Waals surface area contributed by atoms with Crippen molar-refractivity contribution in [3.05, 3.63) is 95.6 Å². The zero-order chi connectivity index (χ0) is 37.4. The van der Waals surface area contributed by atoms with Gasteiger partial charge in [0, 0.05) is 64.1 Å². The van der Waals surface area contributed by atoms with E-state index in [1.54, 1.807) is 4.90 Å². The lowest BCUT2D eigenvalue weighted by Gasteiger charge is -2.33.